The lowest BCUT2D eigenvalue weighted by Gasteiger charge is -2.23. The maximum atomic E-state index is 12.3. The quantitative estimate of drug-likeness (QED) is 0.188. The Morgan fingerprint density at radius 1 is 1.08 bits per heavy atom. The third-order valence-corrected chi connectivity index (χ3v) is 4.50. The highest BCUT2D eigenvalue weighted by molar-refractivity contribution is 6.06. The maximum Gasteiger partial charge on any atom is 0.256 e. The molecule has 3 aliphatic heterocycles. The number of hydrogen-bond donors (Lipinski definition) is 5. The third-order valence-electron chi connectivity index (χ3n) is 4.50. The summed E-state index contributed by atoms with van der Waals surface area (Å²) < 4.78 is 5.46. The second-order valence-electron chi connectivity index (χ2n) is 5.98. The molecule has 0 aliphatic carbocycles. The van der Waals surface area contributed by atoms with Gasteiger partial charge < -0.3 is 30.3 Å². The van der Waals surface area contributed by atoms with Gasteiger partial charge in [0.1, 0.15) is 24.4 Å². The molecule has 0 aromatic rings. The van der Waals surface area contributed by atoms with E-state index in [0.717, 1.165) is 6.21 Å². The summed E-state index contributed by atoms with van der Waals surface area (Å²) >= 11 is 0. The predicted octanol–water partition coefficient (Wildman–Crippen LogP) is -3.65. The van der Waals surface area contributed by atoms with Crippen molar-refractivity contribution in [3.05, 3.63) is 12.2 Å². The molecule has 5 N–H and O–H groups in total. The highest BCUT2D eigenvalue weighted by atomic mass is 16.5. The van der Waals surface area contributed by atoms with E-state index < -0.39 is 66.9 Å². The molecule has 0 aromatic carbocycles. The largest absolute Gasteiger partial charge is 0.394 e. The van der Waals surface area contributed by atoms with E-state index in [1.54, 1.807) is 12.2 Å². The van der Waals surface area contributed by atoms with Crippen LogP contribution in [0.5, 0.6) is 0 Å². The second-order valence-corrected chi connectivity index (χ2v) is 5.98. The van der Waals surface area contributed by atoms with E-state index in [0.29, 0.717) is 5.01 Å². The minimum atomic E-state index is -1.86. The van der Waals surface area contributed by atoms with Crippen molar-refractivity contribution in [3.63, 3.8) is 0 Å². The van der Waals surface area contributed by atoms with Crippen LogP contribution >= 0.6 is 0 Å². The lowest BCUT2D eigenvalue weighted by molar-refractivity contribution is -0.142. The van der Waals surface area contributed by atoms with Gasteiger partial charge in [0, 0.05) is 0 Å². The number of imide groups is 1. The zero-order valence-corrected chi connectivity index (χ0v) is 12.4. The van der Waals surface area contributed by atoms with Crippen LogP contribution in [0.25, 0.3) is 0 Å². The number of fused-ring (bicyclic) bond motifs is 5. The molecular formula is C14H18N2O8. The SMILES string of the molecule is O=C1C2C3C=CC(O3)C2C(=O)N1/N=C/C(O)C(O)C(O)C(O)CO. The van der Waals surface area contributed by atoms with Gasteiger partial charge in [0.2, 0.25) is 0 Å². The molecule has 3 heterocycles. The minimum Gasteiger partial charge on any atom is -0.394 e. The van der Waals surface area contributed by atoms with E-state index >= 15 is 0 Å². The van der Waals surface area contributed by atoms with Crippen molar-refractivity contribution >= 4 is 18.0 Å². The summed E-state index contributed by atoms with van der Waals surface area (Å²) in [5.74, 6) is -2.41. The molecule has 0 aromatic heterocycles. The molecule has 8 atom stereocenters. The standard InChI is InChI=1S/C14H18N2O8/c17-4-6(19)12(21)11(20)5(18)3-15-16-13(22)9-7-1-2-8(24-7)10(9)14(16)23/h1-3,5-12,17-21H,4H2/b15-3+. The number of hydrogen-bond acceptors (Lipinski definition) is 9. The number of ether oxygens (including phenoxy) is 1. The van der Waals surface area contributed by atoms with Gasteiger partial charge in [-0.2, -0.15) is 10.1 Å². The molecule has 2 amide bonds. The lowest BCUT2D eigenvalue weighted by Crippen LogP contribution is -2.46. The number of aliphatic hydroxyl groups excluding tert-OH is 5. The topological polar surface area (TPSA) is 160 Å². The molecule has 3 rings (SSSR count). The van der Waals surface area contributed by atoms with E-state index in [1.807, 2.05) is 0 Å². The van der Waals surface area contributed by atoms with Gasteiger partial charge in [-0.15, -0.1) is 0 Å². The molecule has 8 unspecified atom stereocenters. The summed E-state index contributed by atoms with van der Waals surface area (Å²) in [5.41, 5.74) is 0. The first kappa shape index (κ1) is 17.1. The zero-order chi connectivity index (χ0) is 17.6. The highest BCUT2D eigenvalue weighted by Gasteiger charge is 2.61. The zero-order valence-electron chi connectivity index (χ0n) is 12.4. The van der Waals surface area contributed by atoms with Crippen molar-refractivity contribution in [2.75, 3.05) is 6.61 Å². The first-order chi connectivity index (χ1) is 11.4. The normalized spacial score (nSPS) is 36.5. The smallest absolute Gasteiger partial charge is 0.256 e. The van der Waals surface area contributed by atoms with Crippen molar-refractivity contribution < 1.29 is 39.9 Å². The van der Waals surface area contributed by atoms with Gasteiger partial charge in [0.05, 0.1) is 36.9 Å². The molecule has 24 heavy (non-hydrogen) atoms. The number of carbonyl (C=O) groups is 2. The van der Waals surface area contributed by atoms with E-state index in [-0.39, 0.29) is 0 Å². The van der Waals surface area contributed by atoms with Crippen molar-refractivity contribution in [1.29, 1.82) is 0 Å². The lowest BCUT2D eigenvalue weighted by atomic mass is 9.85. The van der Waals surface area contributed by atoms with Gasteiger partial charge >= 0.3 is 0 Å². The highest BCUT2D eigenvalue weighted by Crippen LogP contribution is 2.45. The number of amides is 2. The first-order valence-corrected chi connectivity index (χ1v) is 7.45. The number of rotatable bonds is 6. The summed E-state index contributed by atoms with van der Waals surface area (Å²) in [5, 5.41) is 51.1. The van der Waals surface area contributed by atoms with Crippen LogP contribution in [0, 0.1) is 11.8 Å². The van der Waals surface area contributed by atoms with Gasteiger partial charge in [-0.05, 0) is 0 Å². The van der Waals surface area contributed by atoms with Crippen LogP contribution < -0.4 is 0 Å². The van der Waals surface area contributed by atoms with Crippen LogP contribution in [0.15, 0.2) is 17.3 Å². The molecule has 0 spiro atoms. The Kier molecular flexibility index (Phi) is 4.51. The molecule has 10 heteroatoms. The molecule has 3 aliphatic rings. The van der Waals surface area contributed by atoms with Crippen molar-refractivity contribution in [3.8, 4) is 0 Å². The molecule has 132 valence electrons. The van der Waals surface area contributed by atoms with Crippen LogP contribution in [0.4, 0.5) is 0 Å². The van der Waals surface area contributed by atoms with E-state index in [1.165, 1.54) is 0 Å². The van der Waals surface area contributed by atoms with E-state index in [2.05, 4.69) is 5.10 Å². The van der Waals surface area contributed by atoms with Gasteiger partial charge in [0.25, 0.3) is 11.8 Å². The van der Waals surface area contributed by atoms with Crippen molar-refractivity contribution in [2.45, 2.75) is 36.6 Å². The fraction of sp³-hybridized carbons (Fsp3) is 0.643. The van der Waals surface area contributed by atoms with Gasteiger partial charge in [-0.25, -0.2) is 0 Å². The Balaban J connectivity index is 1.67. The van der Waals surface area contributed by atoms with Gasteiger partial charge in [-0.1, -0.05) is 12.2 Å². The Morgan fingerprint density at radius 3 is 2.12 bits per heavy atom. The van der Waals surface area contributed by atoms with Crippen LogP contribution in [-0.4, -0.2) is 91.8 Å². The van der Waals surface area contributed by atoms with Gasteiger partial charge in [0.15, 0.2) is 0 Å². The van der Waals surface area contributed by atoms with Crippen LogP contribution in [0.2, 0.25) is 0 Å². The van der Waals surface area contributed by atoms with Crippen molar-refractivity contribution in [2.24, 2.45) is 16.9 Å². The third kappa shape index (κ3) is 2.57. The summed E-state index contributed by atoms with van der Waals surface area (Å²) in [4.78, 5) is 24.5. The van der Waals surface area contributed by atoms with E-state index in [4.69, 9.17) is 9.84 Å². The van der Waals surface area contributed by atoms with Crippen LogP contribution in [0.3, 0.4) is 0 Å². The average Bonchev–Trinajstić information content (AvgIpc) is 3.25. The van der Waals surface area contributed by atoms with Crippen molar-refractivity contribution in [1.82, 2.24) is 5.01 Å². The number of aliphatic hydroxyl groups is 5. The summed E-state index contributed by atoms with van der Waals surface area (Å²) in [6, 6.07) is 0. The molecular weight excluding hydrogens is 324 g/mol. The van der Waals surface area contributed by atoms with Gasteiger partial charge in [-0.3, -0.25) is 9.59 Å². The van der Waals surface area contributed by atoms with Crippen LogP contribution in [0.1, 0.15) is 0 Å². The predicted molar refractivity (Wildman–Crippen MR) is 76.2 cm³/mol. The molecule has 2 bridgehead atoms. The number of hydrazone groups is 1. The number of nitrogens with zero attached hydrogens (tertiary/aromatic N) is 2. The summed E-state index contributed by atoms with van der Waals surface area (Å²) in [6.45, 7) is -0.815. The molecule has 10 nitrogen and oxygen atoms in total. The second kappa shape index (κ2) is 6.31. The molecule has 2 fully saturated rings. The fourth-order valence-electron chi connectivity index (χ4n) is 3.16. The Bertz CT molecular complexity index is 563. The average molecular weight is 342 g/mol. The Hall–Kier alpha value is -1.69. The van der Waals surface area contributed by atoms with E-state index in [9.17, 15) is 30.0 Å². The molecule has 0 radical (unpaired) electrons. The maximum absolute atomic E-state index is 12.3. The Morgan fingerprint density at radius 2 is 1.62 bits per heavy atom. The van der Waals surface area contributed by atoms with Crippen LogP contribution in [-0.2, 0) is 14.3 Å². The molecule has 2 saturated heterocycles. The monoisotopic (exact) mass is 342 g/mol. The summed E-state index contributed by atoms with van der Waals surface area (Å²) in [7, 11) is 0. The minimum absolute atomic E-state index is 0.464. The number of carbonyl (C=O) groups excluding carboxylic acids is 2. The molecule has 0 saturated carbocycles. The summed E-state index contributed by atoms with van der Waals surface area (Å²) in [6.07, 6.45) is -3.86. The Labute approximate surface area is 136 Å². The fourth-order valence-corrected chi connectivity index (χ4v) is 3.16. The first-order valence-electron chi connectivity index (χ1n) is 7.45.